The SMILES string of the molecule is N#C/C(=C/NCCCNC=O)C(=O)Nc1ccccc1C#N. The third-order valence-corrected chi connectivity index (χ3v) is 2.63. The number of rotatable bonds is 8. The van der Waals surface area contributed by atoms with Crippen LogP contribution in [0.5, 0.6) is 0 Å². The number of nitrogens with one attached hydrogen (secondary N) is 3. The number of carbonyl (C=O) groups excluding carboxylic acids is 2. The number of para-hydroxylation sites is 1. The Kier molecular flexibility index (Phi) is 7.27. The van der Waals surface area contributed by atoms with E-state index in [4.69, 9.17) is 10.5 Å². The largest absolute Gasteiger partial charge is 0.390 e. The van der Waals surface area contributed by atoms with Crippen molar-refractivity contribution in [3.05, 3.63) is 41.6 Å². The molecule has 22 heavy (non-hydrogen) atoms. The number of amides is 2. The van der Waals surface area contributed by atoms with Crippen LogP contribution < -0.4 is 16.0 Å². The predicted octanol–water partition coefficient (Wildman–Crippen LogP) is 0.630. The molecule has 1 aromatic carbocycles. The fraction of sp³-hybridized carbons (Fsp3) is 0.200. The molecule has 0 aliphatic rings. The summed E-state index contributed by atoms with van der Waals surface area (Å²) in [5.74, 6) is -0.594. The van der Waals surface area contributed by atoms with Crippen molar-refractivity contribution in [2.45, 2.75) is 6.42 Å². The molecule has 0 atom stereocenters. The number of carbonyl (C=O) groups is 2. The quantitative estimate of drug-likeness (QED) is 0.281. The highest BCUT2D eigenvalue weighted by Gasteiger charge is 2.11. The van der Waals surface area contributed by atoms with Crippen LogP contribution in [0.2, 0.25) is 0 Å². The zero-order valence-electron chi connectivity index (χ0n) is 11.8. The average Bonchev–Trinajstić information content (AvgIpc) is 2.54. The minimum atomic E-state index is -0.594. The molecular weight excluding hydrogens is 282 g/mol. The van der Waals surface area contributed by atoms with Crippen LogP contribution in [0, 0.1) is 22.7 Å². The molecule has 112 valence electrons. The summed E-state index contributed by atoms with van der Waals surface area (Å²) >= 11 is 0. The maximum absolute atomic E-state index is 12.0. The van der Waals surface area contributed by atoms with Crippen molar-refractivity contribution in [2.75, 3.05) is 18.4 Å². The maximum Gasteiger partial charge on any atom is 0.267 e. The number of benzene rings is 1. The molecule has 0 aromatic heterocycles. The van der Waals surface area contributed by atoms with E-state index in [9.17, 15) is 9.59 Å². The van der Waals surface area contributed by atoms with Gasteiger partial charge in [0.1, 0.15) is 17.7 Å². The van der Waals surface area contributed by atoms with Crippen molar-refractivity contribution in [3.8, 4) is 12.1 Å². The van der Waals surface area contributed by atoms with Gasteiger partial charge in [-0.15, -0.1) is 0 Å². The van der Waals surface area contributed by atoms with Crippen LogP contribution in [-0.2, 0) is 9.59 Å². The van der Waals surface area contributed by atoms with Crippen molar-refractivity contribution in [2.24, 2.45) is 0 Å². The summed E-state index contributed by atoms with van der Waals surface area (Å²) in [4.78, 5) is 22.0. The lowest BCUT2D eigenvalue weighted by Gasteiger charge is -2.06. The first-order valence-corrected chi connectivity index (χ1v) is 6.54. The van der Waals surface area contributed by atoms with E-state index in [0.717, 1.165) is 0 Å². The average molecular weight is 297 g/mol. The van der Waals surface area contributed by atoms with Gasteiger partial charge in [-0.2, -0.15) is 10.5 Å². The molecule has 0 heterocycles. The Labute approximate surface area is 128 Å². The molecule has 0 aliphatic carbocycles. The zero-order valence-corrected chi connectivity index (χ0v) is 11.8. The first-order chi connectivity index (χ1) is 10.7. The maximum atomic E-state index is 12.0. The van der Waals surface area contributed by atoms with Crippen LogP contribution >= 0.6 is 0 Å². The summed E-state index contributed by atoms with van der Waals surface area (Å²) in [6.07, 6.45) is 2.58. The van der Waals surface area contributed by atoms with Gasteiger partial charge in [0.25, 0.3) is 5.91 Å². The third kappa shape index (κ3) is 5.35. The standard InChI is InChI=1S/C15H15N5O2/c16-8-12-4-1-2-5-14(12)20-15(22)13(9-17)10-18-6-3-7-19-11-21/h1-2,4-5,10-11,18H,3,6-7H2,(H,19,21)(H,20,22)/b13-10-. The molecule has 0 radical (unpaired) electrons. The number of nitriles is 2. The van der Waals surface area contributed by atoms with Gasteiger partial charge in [-0.1, -0.05) is 12.1 Å². The van der Waals surface area contributed by atoms with Crippen LogP contribution in [0.25, 0.3) is 0 Å². The van der Waals surface area contributed by atoms with Crippen LogP contribution in [0.3, 0.4) is 0 Å². The number of anilines is 1. The fourth-order valence-electron chi connectivity index (χ4n) is 1.55. The molecule has 0 aliphatic heterocycles. The highest BCUT2D eigenvalue weighted by Crippen LogP contribution is 2.14. The lowest BCUT2D eigenvalue weighted by atomic mass is 10.2. The van der Waals surface area contributed by atoms with Gasteiger partial charge in [-0.3, -0.25) is 9.59 Å². The summed E-state index contributed by atoms with van der Waals surface area (Å²) in [5.41, 5.74) is 0.573. The summed E-state index contributed by atoms with van der Waals surface area (Å²) in [5, 5.41) is 25.8. The fourth-order valence-corrected chi connectivity index (χ4v) is 1.55. The Morgan fingerprint density at radius 3 is 2.59 bits per heavy atom. The van der Waals surface area contributed by atoms with E-state index in [1.165, 1.54) is 6.20 Å². The van der Waals surface area contributed by atoms with E-state index in [-0.39, 0.29) is 5.57 Å². The van der Waals surface area contributed by atoms with Crippen molar-refractivity contribution in [1.82, 2.24) is 10.6 Å². The molecule has 0 saturated heterocycles. The van der Waals surface area contributed by atoms with Crippen LogP contribution in [0.4, 0.5) is 5.69 Å². The lowest BCUT2D eigenvalue weighted by Crippen LogP contribution is -2.20. The van der Waals surface area contributed by atoms with Gasteiger partial charge in [0, 0.05) is 19.3 Å². The van der Waals surface area contributed by atoms with Crippen LogP contribution in [0.15, 0.2) is 36.0 Å². The summed E-state index contributed by atoms with van der Waals surface area (Å²) < 4.78 is 0. The Hall–Kier alpha value is -3.32. The minimum absolute atomic E-state index is 0.101. The molecule has 0 spiro atoms. The van der Waals surface area contributed by atoms with E-state index >= 15 is 0 Å². The molecule has 0 saturated carbocycles. The zero-order chi connectivity index (χ0) is 16.2. The normalized spacial score (nSPS) is 10.0. The first kappa shape index (κ1) is 16.7. The number of nitrogens with zero attached hydrogens (tertiary/aromatic N) is 2. The molecule has 0 bridgehead atoms. The molecule has 0 unspecified atom stereocenters. The van der Waals surface area contributed by atoms with Crippen molar-refractivity contribution < 1.29 is 9.59 Å². The van der Waals surface area contributed by atoms with Gasteiger partial charge >= 0.3 is 0 Å². The van der Waals surface area contributed by atoms with Crippen molar-refractivity contribution in [1.29, 1.82) is 10.5 Å². The lowest BCUT2D eigenvalue weighted by molar-refractivity contribution is -0.112. The van der Waals surface area contributed by atoms with E-state index in [0.29, 0.717) is 37.2 Å². The number of hydrogen-bond acceptors (Lipinski definition) is 5. The Morgan fingerprint density at radius 2 is 1.91 bits per heavy atom. The van der Waals surface area contributed by atoms with Gasteiger partial charge in [0.2, 0.25) is 6.41 Å². The molecule has 0 fully saturated rings. The van der Waals surface area contributed by atoms with Gasteiger partial charge in [-0.05, 0) is 18.6 Å². The molecule has 7 heteroatoms. The topological polar surface area (TPSA) is 118 Å². The monoisotopic (exact) mass is 297 g/mol. The predicted molar refractivity (Wildman–Crippen MR) is 80.2 cm³/mol. The summed E-state index contributed by atoms with van der Waals surface area (Å²) in [7, 11) is 0. The smallest absolute Gasteiger partial charge is 0.267 e. The van der Waals surface area contributed by atoms with Crippen LogP contribution in [-0.4, -0.2) is 25.4 Å². The Bertz CT molecular complexity index is 640. The molecule has 7 nitrogen and oxygen atoms in total. The van der Waals surface area contributed by atoms with Crippen molar-refractivity contribution in [3.63, 3.8) is 0 Å². The highest BCUT2D eigenvalue weighted by molar-refractivity contribution is 6.07. The Morgan fingerprint density at radius 1 is 1.18 bits per heavy atom. The molecule has 2 amide bonds. The minimum Gasteiger partial charge on any atom is -0.390 e. The van der Waals surface area contributed by atoms with Gasteiger partial charge < -0.3 is 16.0 Å². The van der Waals surface area contributed by atoms with E-state index in [1.54, 1.807) is 30.3 Å². The second-order valence-electron chi connectivity index (χ2n) is 4.16. The molecular formula is C15H15N5O2. The van der Waals surface area contributed by atoms with Crippen molar-refractivity contribution >= 4 is 18.0 Å². The van der Waals surface area contributed by atoms with E-state index in [2.05, 4.69) is 16.0 Å². The highest BCUT2D eigenvalue weighted by atomic mass is 16.1. The molecule has 1 rings (SSSR count). The number of hydrogen-bond donors (Lipinski definition) is 3. The molecule has 1 aromatic rings. The van der Waals surface area contributed by atoms with Crippen LogP contribution in [0.1, 0.15) is 12.0 Å². The van der Waals surface area contributed by atoms with Gasteiger partial charge in [0.15, 0.2) is 0 Å². The van der Waals surface area contributed by atoms with Gasteiger partial charge in [-0.25, -0.2) is 0 Å². The van der Waals surface area contributed by atoms with E-state index in [1.807, 2.05) is 6.07 Å². The first-order valence-electron chi connectivity index (χ1n) is 6.54. The summed E-state index contributed by atoms with van der Waals surface area (Å²) in [6, 6.07) is 10.3. The van der Waals surface area contributed by atoms with E-state index < -0.39 is 5.91 Å². The second kappa shape index (κ2) is 9.56. The molecule has 3 N–H and O–H groups in total. The summed E-state index contributed by atoms with van der Waals surface area (Å²) in [6.45, 7) is 1.02. The second-order valence-corrected chi connectivity index (χ2v) is 4.16. The Balaban J connectivity index is 2.59. The third-order valence-electron chi connectivity index (χ3n) is 2.63. The van der Waals surface area contributed by atoms with Gasteiger partial charge in [0.05, 0.1) is 11.3 Å².